The van der Waals surface area contributed by atoms with Crippen LogP contribution in [-0.4, -0.2) is 46.5 Å². The molecular weight excluding hydrogens is 234 g/mol. The van der Waals surface area contributed by atoms with Crippen LogP contribution in [0, 0.1) is 0 Å². The Balaban J connectivity index is 2.96. The van der Waals surface area contributed by atoms with Crippen molar-refractivity contribution in [1.29, 1.82) is 0 Å². The topological polar surface area (TPSA) is 108 Å². The third-order valence-electron chi connectivity index (χ3n) is 1.89. The minimum Gasteiger partial charge on any atom is -0.395 e. The lowest BCUT2D eigenvalue weighted by atomic mass is 10.4. The van der Waals surface area contributed by atoms with E-state index in [9.17, 15) is 0 Å². The standard InChI is InChI=1S/C8H14ClN5O2/c9-6-5-11-8(13-10)12-7(6)14(1-3-15)2-4-16/h5,15-16H,1-4,10H2,(H,11,12,13). The summed E-state index contributed by atoms with van der Waals surface area (Å²) in [4.78, 5) is 9.53. The molecule has 0 aliphatic carbocycles. The van der Waals surface area contributed by atoms with E-state index in [-0.39, 0.29) is 19.2 Å². The van der Waals surface area contributed by atoms with E-state index in [0.717, 1.165) is 0 Å². The molecule has 0 unspecified atom stereocenters. The molecule has 0 atom stereocenters. The summed E-state index contributed by atoms with van der Waals surface area (Å²) >= 11 is 5.92. The molecular formula is C8H14ClN5O2. The molecule has 0 amide bonds. The van der Waals surface area contributed by atoms with Gasteiger partial charge in [0.25, 0.3) is 0 Å². The fourth-order valence-corrected chi connectivity index (χ4v) is 1.43. The van der Waals surface area contributed by atoms with Crippen molar-refractivity contribution >= 4 is 23.4 Å². The highest BCUT2D eigenvalue weighted by atomic mass is 35.5. The van der Waals surface area contributed by atoms with Gasteiger partial charge in [0, 0.05) is 13.1 Å². The van der Waals surface area contributed by atoms with Crippen LogP contribution in [0.25, 0.3) is 0 Å². The number of hydrazine groups is 1. The van der Waals surface area contributed by atoms with Crippen LogP contribution in [0.3, 0.4) is 0 Å². The highest BCUT2D eigenvalue weighted by Gasteiger charge is 2.12. The van der Waals surface area contributed by atoms with Crippen LogP contribution in [0.4, 0.5) is 11.8 Å². The summed E-state index contributed by atoms with van der Waals surface area (Å²) in [6.45, 7) is 0.514. The van der Waals surface area contributed by atoms with Gasteiger partial charge >= 0.3 is 0 Å². The second-order valence-electron chi connectivity index (χ2n) is 2.94. The summed E-state index contributed by atoms with van der Waals surface area (Å²) in [5.74, 6) is 5.83. The summed E-state index contributed by atoms with van der Waals surface area (Å²) in [5, 5.41) is 18.1. The van der Waals surface area contributed by atoms with Crippen molar-refractivity contribution in [2.45, 2.75) is 0 Å². The minimum absolute atomic E-state index is 0.0638. The lowest BCUT2D eigenvalue weighted by Crippen LogP contribution is -2.31. The van der Waals surface area contributed by atoms with Crippen molar-refractivity contribution in [3.8, 4) is 0 Å². The number of nitrogens with two attached hydrogens (primary N) is 1. The van der Waals surface area contributed by atoms with E-state index in [1.54, 1.807) is 4.90 Å². The smallest absolute Gasteiger partial charge is 0.239 e. The summed E-state index contributed by atoms with van der Waals surface area (Å²) < 4.78 is 0. The Morgan fingerprint density at radius 3 is 2.50 bits per heavy atom. The number of aromatic nitrogens is 2. The number of halogens is 1. The van der Waals surface area contributed by atoms with Crippen LogP contribution in [-0.2, 0) is 0 Å². The zero-order valence-electron chi connectivity index (χ0n) is 8.60. The molecule has 0 aliphatic heterocycles. The largest absolute Gasteiger partial charge is 0.395 e. The Bertz CT molecular complexity index is 332. The predicted octanol–water partition coefficient (Wildman–Crippen LogP) is -0.793. The molecule has 0 saturated carbocycles. The molecule has 1 rings (SSSR count). The molecule has 0 bridgehead atoms. The van der Waals surface area contributed by atoms with Gasteiger partial charge in [0.05, 0.1) is 19.4 Å². The van der Waals surface area contributed by atoms with Crippen LogP contribution in [0.15, 0.2) is 6.20 Å². The molecule has 1 aromatic rings. The van der Waals surface area contributed by atoms with Crippen LogP contribution >= 0.6 is 11.6 Å². The van der Waals surface area contributed by atoms with Gasteiger partial charge in [-0.25, -0.2) is 10.8 Å². The van der Waals surface area contributed by atoms with E-state index >= 15 is 0 Å². The van der Waals surface area contributed by atoms with Gasteiger partial charge in [0.2, 0.25) is 5.95 Å². The summed E-state index contributed by atoms with van der Waals surface area (Å²) in [6, 6.07) is 0. The second-order valence-corrected chi connectivity index (χ2v) is 3.35. The van der Waals surface area contributed by atoms with Gasteiger partial charge in [-0.1, -0.05) is 11.6 Å². The summed E-state index contributed by atoms with van der Waals surface area (Å²) in [7, 11) is 0. The minimum atomic E-state index is -0.0638. The third kappa shape index (κ3) is 3.17. The maximum absolute atomic E-state index is 8.89. The van der Waals surface area contributed by atoms with E-state index < -0.39 is 0 Å². The molecule has 5 N–H and O–H groups in total. The van der Waals surface area contributed by atoms with Crippen molar-refractivity contribution in [3.63, 3.8) is 0 Å². The van der Waals surface area contributed by atoms with E-state index in [1.165, 1.54) is 6.20 Å². The van der Waals surface area contributed by atoms with E-state index in [0.29, 0.717) is 23.9 Å². The monoisotopic (exact) mass is 247 g/mol. The number of aliphatic hydroxyl groups is 2. The lowest BCUT2D eigenvalue weighted by Gasteiger charge is -2.22. The van der Waals surface area contributed by atoms with Crippen LogP contribution in [0.5, 0.6) is 0 Å². The maximum atomic E-state index is 8.89. The highest BCUT2D eigenvalue weighted by molar-refractivity contribution is 6.32. The third-order valence-corrected chi connectivity index (χ3v) is 2.16. The molecule has 7 nitrogen and oxygen atoms in total. The average Bonchev–Trinajstić information content (AvgIpc) is 2.29. The summed E-state index contributed by atoms with van der Waals surface area (Å²) in [5.41, 5.74) is 2.30. The molecule has 0 aliphatic rings. The Labute approximate surface area is 97.8 Å². The van der Waals surface area contributed by atoms with Crippen LogP contribution < -0.4 is 16.2 Å². The van der Waals surface area contributed by atoms with Crippen molar-refractivity contribution in [3.05, 3.63) is 11.2 Å². The molecule has 1 heterocycles. The Morgan fingerprint density at radius 2 is 2.00 bits per heavy atom. The van der Waals surface area contributed by atoms with Gasteiger partial charge in [-0.2, -0.15) is 4.98 Å². The molecule has 0 aromatic carbocycles. The Hall–Kier alpha value is -1.15. The van der Waals surface area contributed by atoms with Crippen molar-refractivity contribution < 1.29 is 10.2 Å². The number of nitrogens with zero attached hydrogens (tertiary/aromatic N) is 3. The van der Waals surface area contributed by atoms with E-state index in [2.05, 4.69) is 15.4 Å². The van der Waals surface area contributed by atoms with Gasteiger partial charge in [0.15, 0.2) is 5.82 Å². The first-order valence-corrected chi connectivity index (χ1v) is 5.06. The SMILES string of the molecule is NNc1ncc(Cl)c(N(CCO)CCO)n1. The van der Waals surface area contributed by atoms with Gasteiger partial charge in [-0.05, 0) is 0 Å². The van der Waals surface area contributed by atoms with Crippen LogP contribution in [0.2, 0.25) is 5.02 Å². The Kier molecular flexibility index (Phi) is 5.20. The van der Waals surface area contributed by atoms with Crippen molar-refractivity contribution in [2.75, 3.05) is 36.6 Å². The quantitative estimate of drug-likeness (QED) is 0.385. The molecule has 0 saturated heterocycles. The first kappa shape index (κ1) is 12.9. The lowest BCUT2D eigenvalue weighted by molar-refractivity contribution is 0.280. The van der Waals surface area contributed by atoms with Gasteiger partial charge in [-0.3, -0.25) is 5.43 Å². The Morgan fingerprint density at radius 1 is 1.38 bits per heavy atom. The number of aliphatic hydroxyl groups excluding tert-OH is 2. The average molecular weight is 248 g/mol. The molecule has 90 valence electrons. The molecule has 1 aromatic heterocycles. The maximum Gasteiger partial charge on any atom is 0.239 e. The van der Waals surface area contributed by atoms with Gasteiger partial charge in [-0.15, -0.1) is 0 Å². The van der Waals surface area contributed by atoms with E-state index in [1.807, 2.05) is 0 Å². The number of nitrogens with one attached hydrogen (secondary N) is 1. The molecule has 16 heavy (non-hydrogen) atoms. The number of nitrogen functional groups attached to an aromatic ring is 1. The van der Waals surface area contributed by atoms with Gasteiger partial charge in [0.1, 0.15) is 5.02 Å². The second kappa shape index (κ2) is 6.44. The highest BCUT2D eigenvalue weighted by Crippen LogP contribution is 2.22. The molecule has 8 heteroatoms. The first-order valence-electron chi connectivity index (χ1n) is 4.68. The molecule has 0 fully saturated rings. The number of hydrogen-bond donors (Lipinski definition) is 4. The zero-order chi connectivity index (χ0) is 12.0. The fraction of sp³-hybridized carbons (Fsp3) is 0.500. The molecule has 0 spiro atoms. The number of hydrogen-bond acceptors (Lipinski definition) is 7. The van der Waals surface area contributed by atoms with Gasteiger partial charge < -0.3 is 15.1 Å². The first-order chi connectivity index (χ1) is 7.72. The number of anilines is 2. The summed E-state index contributed by atoms with van der Waals surface area (Å²) in [6.07, 6.45) is 1.40. The fourth-order valence-electron chi connectivity index (χ4n) is 1.21. The van der Waals surface area contributed by atoms with Crippen molar-refractivity contribution in [2.24, 2.45) is 5.84 Å². The number of rotatable bonds is 6. The van der Waals surface area contributed by atoms with Crippen LogP contribution in [0.1, 0.15) is 0 Å². The zero-order valence-corrected chi connectivity index (χ0v) is 9.35. The van der Waals surface area contributed by atoms with Crippen molar-refractivity contribution in [1.82, 2.24) is 9.97 Å². The predicted molar refractivity (Wildman–Crippen MR) is 61.2 cm³/mol. The normalized spacial score (nSPS) is 10.2. The van der Waals surface area contributed by atoms with E-state index in [4.69, 9.17) is 27.7 Å². The molecule has 0 radical (unpaired) electrons.